The number of thioether (sulfide) groups is 1. The minimum Gasteiger partial charge on any atom is -0.385 e. The third-order valence-electron chi connectivity index (χ3n) is 6.47. The van der Waals surface area contributed by atoms with Crippen LogP contribution in [0.3, 0.4) is 0 Å². The summed E-state index contributed by atoms with van der Waals surface area (Å²) in [5.41, 5.74) is -3.97. The molecule has 3 unspecified atom stereocenters. The molecule has 2 saturated heterocycles. The Morgan fingerprint density at radius 2 is 2.10 bits per heavy atom. The number of carbonyl (C=O) groups is 1. The van der Waals surface area contributed by atoms with Crippen LogP contribution in [0.5, 0.6) is 0 Å². The SMILES string of the molecule is COCCC(C)C.O=C1CCC(c2nc(-c3sc4c(NC5CCNCC5F)cccc4c3SC(F)(F)F)no2)N1. The number of fused-ring (bicyclic) bond motifs is 1. The fourth-order valence-electron chi connectivity index (χ4n) is 4.38. The van der Waals surface area contributed by atoms with Crippen LogP contribution in [0.1, 0.15) is 51.5 Å². The fourth-order valence-corrected chi connectivity index (χ4v) is 6.49. The maximum atomic E-state index is 14.3. The molecule has 3 aromatic rings. The number of hydrogen-bond donors (Lipinski definition) is 3. The number of amides is 1. The Hall–Kier alpha value is -2.42. The Morgan fingerprint density at radius 1 is 1.30 bits per heavy atom. The van der Waals surface area contributed by atoms with Crippen molar-refractivity contribution in [1.82, 2.24) is 20.8 Å². The van der Waals surface area contributed by atoms with Crippen LogP contribution in [-0.4, -0.2) is 60.6 Å². The topological polar surface area (TPSA) is 101 Å². The normalized spacial score (nSPS) is 21.4. The van der Waals surface area contributed by atoms with Crippen LogP contribution < -0.4 is 16.0 Å². The molecule has 2 aromatic heterocycles. The van der Waals surface area contributed by atoms with Crippen LogP contribution in [0.15, 0.2) is 27.6 Å². The van der Waals surface area contributed by atoms with Crippen LogP contribution in [0.25, 0.3) is 20.8 Å². The molecular formula is C26H33F4N5O3S2. The van der Waals surface area contributed by atoms with Crippen molar-refractivity contribution in [3.8, 4) is 10.7 Å². The molecule has 3 N–H and O–H groups in total. The standard InChI is InChI=1S/C20H19F4N5O2S2.C6H14O/c21-10-8-25-7-6-11(10)26-12-3-1-2-9-15(12)32-17(16(9)33-20(22,23)24)18-28-19(31-29-18)13-4-5-14(30)27-13;1-6(2)4-5-7-3/h1-3,10-11,13,25-26H,4-8H2,(H,27,30);6H,4-5H2,1-3H3. The lowest BCUT2D eigenvalue weighted by molar-refractivity contribution is -0.119. The second-order valence-corrected chi connectivity index (χ2v) is 12.1. The van der Waals surface area contributed by atoms with Crippen molar-refractivity contribution in [2.24, 2.45) is 5.92 Å². The number of benzene rings is 1. The van der Waals surface area contributed by atoms with Gasteiger partial charge < -0.3 is 25.2 Å². The number of anilines is 1. The van der Waals surface area contributed by atoms with Crippen LogP contribution in [-0.2, 0) is 9.53 Å². The number of methoxy groups -OCH3 is 1. The van der Waals surface area contributed by atoms with Gasteiger partial charge in [-0.15, -0.1) is 11.3 Å². The van der Waals surface area contributed by atoms with Gasteiger partial charge in [0, 0.05) is 37.0 Å². The van der Waals surface area contributed by atoms with Gasteiger partial charge in [0.2, 0.25) is 17.6 Å². The van der Waals surface area contributed by atoms with Gasteiger partial charge in [0.15, 0.2) is 0 Å². The molecule has 1 aromatic carbocycles. The van der Waals surface area contributed by atoms with Gasteiger partial charge in [0.25, 0.3) is 0 Å². The number of rotatable bonds is 8. The maximum absolute atomic E-state index is 14.3. The fraction of sp³-hybridized carbons (Fsp3) is 0.577. The van der Waals surface area contributed by atoms with E-state index in [4.69, 9.17) is 9.26 Å². The van der Waals surface area contributed by atoms with Crippen LogP contribution >= 0.6 is 23.1 Å². The number of carbonyl (C=O) groups excluding carboxylic acids is 1. The van der Waals surface area contributed by atoms with Crippen molar-refractivity contribution in [3.05, 3.63) is 24.1 Å². The summed E-state index contributed by atoms with van der Waals surface area (Å²) >= 11 is 0.860. The number of ether oxygens (including phenoxy) is 1. The highest BCUT2D eigenvalue weighted by Crippen LogP contribution is 2.50. The van der Waals surface area contributed by atoms with E-state index in [2.05, 4.69) is 39.9 Å². The molecule has 1 amide bonds. The molecule has 2 fully saturated rings. The van der Waals surface area contributed by atoms with Crippen molar-refractivity contribution < 1.29 is 31.6 Å². The van der Waals surface area contributed by atoms with E-state index in [9.17, 15) is 22.4 Å². The van der Waals surface area contributed by atoms with E-state index < -0.39 is 23.8 Å². The summed E-state index contributed by atoms with van der Waals surface area (Å²) in [5, 5.41) is 13.1. The number of halogens is 4. The van der Waals surface area contributed by atoms with E-state index in [1.54, 1.807) is 25.3 Å². The third-order valence-corrected chi connectivity index (χ3v) is 8.70. The molecule has 14 heteroatoms. The van der Waals surface area contributed by atoms with Gasteiger partial charge in [-0.3, -0.25) is 4.79 Å². The smallest absolute Gasteiger partial charge is 0.385 e. The Labute approximate surface area is 238 Å². The van der Waals surface area contributed by atoms with Gasteiger partial charge in [-0.25, -0.2) is 4.39 Å². The molecule has 0 radical (unpaired) electrons. The first-order valence-corrected chi connectivity index (χ1v) is 14.7. The third kappa shape index (κ3) is 7.86. The largest absolute Gasteiger partial charge is 0.446 e. The van der Waals surface area contributed by atoms with E-state index in [0.29, 0.717) is 41.6 Å². The van der Waals surface area contributed by atoms with Gasteiger partial charge in [-0.05, 0) is 49.6 Å². The summed E-state index contributed by atoms with van der Waals surface area (Å²) in [6.07, 6.45) is 1.42. The molecule has 5 rings (SSSR count). The summed E-state index contributed by atoms with van der Waals surface area (Å²) in [4.78, 5) is 16.0. The quantitative estimate of drug-likeness (QED) is 0.204. The average molecular weight is 604 g/mol. The summed E-state index contributed by atoms with van der Waals surface area (Å²) < 4.78 is 65.4. The number of nitrogens with one attached hydrogen (secondary N) is 3. The van der Waals surface area contributed by atoms with Crippen LogP contribution in [0.4, 0.5) is 23.2 Å². The zero-order chi connectivity index (χ0) is 28.9. The Morgan fingerprint density at radius 3 is 2.73 bits per heavy atom. The highest BCUT2D eigenvalue weighted by atomic mass is 32.2. The minimum atomic E-state index is -4.53. The zero-order valence-electron chi connectivity index (χ0n) is 22.4. The molecule has 0 bridgehead atoms. The van der Waals surface area contributed by atoms with Gasteiger partial charge in [-0.1, -0.05) is 31.1 Å². The molecule has 40 heavy (non-hydrogen) atoms. The van der Waals surface area contributed by atoms with Crippen LogP contribution in [0, 0.1) is 5.92 Å². The average Bonchev–Trinajstić information content (AvgIpc) is 3.63. The molecule has 0 saturated carbocycles. The van der Waals surface area contributed by atoms with Crippen LogP contribution in [0.2, 0.25) is 0 Å². The highest BCUT2D eigenvalue weighted by Gasteiger charge is 2.35. The maximum Gasteiger partial charge on any atom is 0.446 e. The zero-order valence-corrected chi connectivity index (χ0v) is 24.1. The molecule has 8 nitrogen and oxygen atoms in total. The van der Waals surface area contributed by atoms with Crippen molar-refractivity contribution in [2.45, 2.75) is 68.2 Å². The van der Waals surface area contributed by atoms with Gasteiger partial charge in [0.1, 0.15) is 12.2 Å². The molecule has 2 aliphatic rings. The summed E-state index contributed by atoms with van der Waals surface area (Å²) in [6.45, 7) is 6.17. The van der Waals surface area contributed by atoms with E-state index in [1.807, 2.05) is 0 Å². The highest BCUT2D eigenvalue weighted by molar-refractivity contribution is 8.00. The Kier molecular flexibility index (Phi) is 10.3. The number of hydrogen-bond acceptors (Lipinski definition) is 9. The van der Waals surface area contributed by atoms with E-state index >= 15 is 0 Å². The lowest BCUT2D eigenvalue weighted by Crippen LogP contribution is -2.45. The predicted molar refractivity (Wildman–Crippen MR) is 148 cm³/mol. The van der Waals surface area contributed by atoms with Gasteiger partial charge >= 0.3 is 5.51 Å². The molecule has 2 aliphatic heterocycles. The van der Waals surface area contributed by atoms with Gasteiger partial charge in [-0.2, -0.15) is 18.2 Å². The van der Waals surface area contributed by atoms with Crippen molar-refractivity contribution in [1.29, 1.82) is 0 Å². The summed E-state index contributed by atoms with van der Waals surface area (Å²) in [6, 6.07) is 4.08. The minimum absolute atomic E-state index is 0.0234. The number of thiophene rings is 1. The van der Waals surface area contributed by atoms with E-state index in [-0.39, 0.29) is 45.7 Å². The summed E-state index contributed by atoms with van der Waals surface area (Å²) in [7, 11) is 1.74. The van der Waals surface area contributed by atoms with E-state index in [1.165, 1.54) is 6.42 Å². The molecule has 4 heterocycles. The molecule has 0 aliphatic carbocycles. The first kappa shape index (κ1) is 30.5. The van der Waals surface area contributed by atoms with E-state index in [0.717, 1.165) is 23.9 Å². The number of alkyl halides is 4. The monoisotopic (exact) mass is 603 g/mol. The number of nitrogens with zero attached hydrogens (tertiary/aromatic N) is 2. The van der Waals surface area contributed by atoms with Crippen molar-refractivity contribution >= 4 is 44.8 Å². The molecule has 3 atom stereocenters. The van der Waals surface area contributed by atoms with Crippen molar-refractivity contribution in [3.63, 3.8) is 0 Å². The number of piperidine rings is 1. The number of aromatic nitrogens is 2. The Bertz CT molecular complexity index is 1280. The molecule has 0 spiro atoms. The molecule has 220 valence electrons. The first-order valence-electron chi connectivity index (χ1n) is 13.1. The second kappa shape index (κ2) is 13.5. The Balaban J connectivity index is 0.000000470. The molecular weight excluding hydrogens is 570 g/mol. The predicted octanol–water partition coefficient (Wildman–Crippen LogP) is 6.31. The van der Waals surface area contributed by atoms with Crippen molar-refractivity contribution in [2.75, 3.05) is 32.1 Å². The lowest BCUT2D eigenvalue weighted by Gasteiger charge is -2.28. The van der Waals surface area contributed by atoms with Gasteiger partial charge in [0.05, 0.1) is 21.3 Å². The lowest BCUT2D eigenvalue weighted by atomic mass is 10.0. The second-order valence-electron chi connectivity index (χ2n) is 10.0. The summed E-state index contributed by atoms with van der Waals surface area (Å²) in [5.74, 6) is 0.814. The first-order chi connectivity index (χ1) is 19.1.